The molecule has 1 unspecified atom stereocenters. The molecule has 1 aliphatic carbocycles. The van der Waals surface area contributed by atoms with Gasteiger partial charge in [-0.3, -0.25) is 0 Å². The normalized spacial score (nSPS) is 36.3. The van der Waals surface area contributed by atoms with E-state index in [0.717, 1.165) is 12.8 Å². The zero-order valence-electron chi connectivity index (χ0n) is 7.30. The third-order valence-electron chi connectivity index (χ3n) is 2.44. The van der Waals surface area contributed by atoms with Gasteiger partial charge < -0.3 is 5.11 Å². The molecule has 1 nitrogen and oxygen atoms in total. The van der Waals surface area contributed by atoms with E-state index in [1.807, 2.05) is 6.92 Å². The fraction of sp³-hybridized carbons (Fsp3) is 0.600. The van der Waals surface area contributed by atoms with Crippen LogP contribution in [0.3, 0.4) is 0 Å². The molecule has 1 aliphatic rings. The van der Waals surface area contributed by atoms with Crippen LogP contribution in [0.5, 0.6) is 0 Å². The Labute approximate surface area is 68.4 Å². The molecule has 0 aromatic rings. The molecule has 0 aromatic carbocycles. The Morgan fingerprint density at radius 2 is 2.27 bits per heavy atom. The topological polar surface area (TPSA) is 20.2 Å². The molecule has 1 N–H and O–H groups in total. The molecule has 1 heteroatoms. The van der Waals surface area contributed by atoms with Crippen molar-refractivity contribution < 1.29 is 5.11 Å². The van der Waals surface area contributed by atoms with Crippen LogP contribution in [-0.2, 0) is 0 Å². The summed E-state index contributed by atoms with van der Waals surface area (Å²) in [6.45, 7) is 8.13. The number of allylic oxidation sites excluding steroid dienone is 2. The number of rotatable bonds is 0. The summed E-state index contributed by atoms with van der Waals surface area (Å²) in [5, 5.41) is 9.42. The molecule has 0 spiro atoms. The van der Waals surface area contributed by atoms with Gasteiger partial charge in [0.2, 0.25) is 0 Å². The maximum absolute atomic E-state index is 9.42. The zero-order valence-corrected chi connectivity index (χ0v) is 7.30. The Hall–Kier alpha value is -0.560. The Morgan fingerprint density at radius 3 is 2.82 bits per heavy atom. The van der Waals surface area contributed by atoms with E-state index in [2.05, 4.69) is 19.6 Å². The predicted molar refractivity (Wildman–Crippen MR) is 47.3 cm³/mol. The molecule has 0 aliphatic heterocycles. The van der Waals surface area contributed by atoms with E-state index in [0.29, 0.717) is 5.92 Å². The minimum absolute atomic E-state index is 0.151. The molecular weight excluding hydrogens is 136 g/mol. The molecule has 1 fully saturated rings. The van der Waals surface area contributed by atoms with Crippen LogP contribution >= 0.6 is 0 Å². The predicted octanol–water partition coefficient (Wildman–Crippen LogP) is 2.28. The van der Waals surface area contributed by atoms with E-state index < -0.39 is 0 Å². The zero-order chi connectivity index (χ0) is 8.43. The van der Waals surface area contributed by atoms with Crippen LogP contribution in [0.25, 0.3) is 0 Å². The van der Waals surface area contributed by atoms with Crippen molar-refractivity contribution in [2.75, 3.05) is 0 Å². The maximum Gasteiger partial charge on any atom is 0.0586 e. The molecule has 0 heterocycles. The summed E-state index contributed by atoms with van der Waals surface area (Å²) < 4.78 is 0. The standard InChI is InChI=1S/C10H16O/c1-4-9-6-10(11)5-7(2)8(9)3/h4,7,10-11H,3,5-6H2,1-2H3/b9-4-/t7?,10-/m0/s1. The summed E-state index contributed by atoms with van der Waals surface area (Å²) in [5.74, 6) is 0.449. The van der Waals surface area contributed by atoms with Crippen molar-refractivity contribution in [3.8, 4) is 0 Å². The Balaban J connectivity index is 2.75. The first-order valence-electron chi connectivity index (χ1n) is 4.17. The molecule has 0 amide bonds. The summed E-state index contributed by atoms with van der Waals surface area (Å²) >= 11 is 0. The van der Waals surface area contributed by atoms with Gasteiger partial charge in [-0.2, -0.15) is 0 Å². The van der Waals surface area contributed by atoms with Gasteiger partial charge in [0.1, 0.15) is 0 Å². The van der Waals surface area contributed by atoms with Gasteiger partial charge in [-0.05, 0) is 36.8 Å². The highest BCUT2D eigenvalue weighted by molar-refractivity contribution is 5.32. The average Bonchev–Trinajstić information content (AvgIpc) is 1.96. The number of hydrogen-bond acceptors (Lipinski definition) is 1. The van der Waals surface area contributed by atoms with Crippen molar-refractivity contribution in [2.24, 2.45) is 5.92 Å². The first-order valence-corrected chi connectivity index (χ1v) is 4.17. The van der Waals surface area contributed by atoms with Crippen molar-refractivity contribution in [3.05, 3.63) is 23.8 Å². The van der Waals surface area contributed by atoms with Gasteiger partial charge in [0, 0.05) is 0 Å². The molecule has 1 saturated carbocycles. The smallest absolute Gasteiger partial charge is 0.0586 e. The maximum atomic E-state index is 9.42. The van der Waals surface area contributed by atoms with Gasteiger partial charge in [-0.15, -0.1) is 0 Å². The first-order chi connectivity index (χ1) is 5.15. The lowest BCUT2D eigenvalue weighted by Crippen LogP contribution is -2.21. The minimum Gasteiger partial charge on any atom is -0.393 e. The Bertz CT molecular complexity index is 191. The minimum atomic E-state index is -0.151. The number of aliphatic hydroxyl groups excluding tert-OH is 1. The molecule has 1 rings (SSSR count). The quantitative estimate of drug-likeness (QED) is 0.564. The Morgan fingerprint density at radius 1 is 1.64 bits per heavy atom. The average molecular weight is 152 g/mol. The van der Waals surface area contributed by atoms with E-state index in [1.165, 1.54) is 11.1 Å². The van der Waals surface area contributed by atoms with Crippen LogP contribution in [0.4, 0.5) is 0 Å². The fourth-order valence-electron chi connectivity index (χ4n) is 1.64. The Kier molecular flexibility index (Phi) is 2.50. The third kappa shape index (κ3) is 1.72. The van der Waals surface area contributed by atoms with Crippen molar-refractivity contribution in [2.45, 2.75) is 32.8 Å². The van der Waals surface area contributed by atoms with Gasteiger partial charge in [-0.1, -0.05) is 19.6 Å². The second-order valence-electron chi connectivity index (χ2n) is 3.33. The van der Waals surface area contributed by atoms with Crippen molar-refractivity contribution in [1.29, 1.82) is 0 Å². The van der Waals surface area contributed by atoms with Crippen molar-refractivity contribution in [3.63, 3.8) is 0 Å². The van der Waals surface area contributed by atoms with E-state index in [9.17, 15) is 5.11 Å². The highest BCUT2D eigenvalue weighted by atomic mass is 16.3. The lowest BCUT2D eigenvalue weighted by Gasteiger charge is -2.27. The molecule has 0 radical (unpaired) electrons. The molecule has 0 saturated heterocycles. The molecule has 62 valence electrons. The number of aliphatic hydroxyl groups is 1. The van der Waals surface area contributed by atoms with Gasteiger partial charge in [-0.25, -0.2) is 0 Å². The molecular formula is C10H16O. The van der Waals surface area contributed by atoms with Gasteiger partial charge in [0.25, 0.3) is 0 Å². The van der Waals surface area contributed by atoms with E-state index in [1.54, 1.807) is 0 Å². The fourth-order valence-corrected chi connectivity index (χ4v) is 1.64. The summed E-state index contributed by atoms with van der Waals surface area (Å²) in [4.78, 5) is 0. The van der Waals surface area contributed by atoms with E-state index in [4.69, 9.17) is 0 Å². The lowest BCUT2D eigenvalue weighted by atomic mass is 9.81. The van der Waals surface area contributed by atoms with Gasteiger partial charge in [0.05, 0.1) is 6.10 Å². The van der Waals surface area contributed by atoms with Crippen LogP contribution in [0.2, 0.25) is 0 Å². The van der Waals surface area contributed by atoms with Crippen LogP contribution in [0, 0.1) is 5.92 Å². The van der Waals surface area contributed by atoms with Gasteiger partial charge in [0.15, 0.2) is 0 Å². The number of hydrogen-bond donors (Lipinski definition) is 1. The summed E-state index contributed by atoms with van der Waals surface area (Å²) in [7, 11) is 0. The second-order valence-corrected chi connectivity index (χ2v) is 3.33. The highest BCUT2D eigenvalue weighted by Crippen LogP contribution is 2.32. The van der Waals surface area contributed by atoms with Crippen molar-refractivity contribution >= 4 is 0 Å². The summed E-state index contributed by atoms with van der Waals surface area (Å²) in [5.41, 5.74) is 2.44. The van der Waals surface area contributed by atoms with Crippen LogP contribution in [-0.4, -0.2) is 11.2 Å². The van der Waals surface area contributed by atoms with Crippen LogP contribution in [0.15, 0.2) is 23.8 Å². The second kappa shape index (κ2) is 3.22. The largest absolute Gasteiger partial charge is 0.393 e. The van der Waals surface area contributed by atoms with E-state index >= 15 is 0 Å². The lowest BCUT2D eigenvalue weighted by molar-refractivity contribution is 0.142. The molecule has 2 atom stereocenters. The van der Waals surface area contributed by atoms with Crippen LogP contribution in [0.1, 0.15) is 26.7 Å². The van der Waals surface area contributed by atoms with E-state index in [-0.39, 0.29) is 6.10 Å². The summed E-state index contributed by atoms with van der Waals surface area (Å²) in [6.07, 6.45) is 3.57. The summed E-state index contributed by atoms with van der Waals surface area (Å²) in [6, 6.07) is 0. The van der Waals surface area contributed by atoms with Crippen LogP contribution < -0.4 is 0 Å². The molecule has 0 bridgehead atoms. The third-order valence-corrected chi connectivity index (χ3v) is 2.44. The highest BCUT2D eigenvalue weighted by Gasteiger charge is 2.22. The SMILES string of the molecule is C=C1/C(=C\C)C[C@@H](O)CC1C. The first kappa shape index (κ1) is 8.54. The molecule has 0 aromatic heterocycles. The molecule has 11 heavy (non-hydrogen) atoms. The van der Waals surface area contributed by atoms with Gasteiger partial charge >= 0.3 is 0 Å². The van der Waals surface area contributed by atoms with Crippen molar-refractivity contribution in [1.82, 2.24) is 0 Å². The monoisotopic (exact) mass is 152 g/mol.